The molecule has 0 aromatic carbocycles. The first-order valence-electron chi connectivity index (χ1n) is 9.15. The third kappa shape index (κ3) is 4.08. The van der Waals surface area contributed by atoms with Gasteiger partial charge in [0.05, 0.1) is 5.75 Å². The molecular weight excluding hydrogens is 352 g/mol. The number of hydrogen-bond acceptors (Lipinski definition) is 5. The molecule has 2 fully saturated rings. The molecule has 1 amide bonds. The standard InChI is InChI=1S/C18H24N4OS2/c23-17(22-9-3-6-13-5-1-2-8-15(13)22)12-25-18-19-16(20-21-18)11-14-7-4-10-24-14/h4,7,10,13,15H,1-3,5-6,8-9,11-12H2,(H,19,20,21). The predicted octanol–water partition coefficient (Wildman–Crippen LogP) is 3.73. The maximum absolute atomic E-state index is 12.7. The number of fused-ring (bicyclic) bond motifs is 1. The number of amides is 1. The van der Waals surface area contributed by atoms with E-state index >= 15 is 0 Å². The molecule has 25 heavy (non-hydrogen) atoms. The lowest BCUT2D eigenvalue weighted by Crippen LogP contribution is -2.50. The highest BCUT2D eigenvalue weighted by Crippen LogP contribution is 2.35. The summed E-state index contributed by atoms with van der Waals surface area (Å²) >= 11 is 3.17. The average molecular weight is 377 g/mol. The molecule has 1 N–H and O–H groups in total. The lowest BCUT2D eigenvalue weighted by molar-refractivity contribution is -0.134. The van der Waals surface area contributed by atoms with E-state index in [1.165, 1.54) is 48.7 Å². The zero-order valence-electron chi connectivity index (χ0n) is 14.3. The number of nitrogens with one attached hydrogen (secondary N) is 1. The Balaban J connectivity index is 1.31. The quantitative estimate of drug-likeness (QED) is 0.808. The molecule has 1 saturated heterocycles. The minimum absolute atomic E-state index is 0.256. The van der Waals surface area contributed by atoms with Gasteiger partial charge in [-0.2, -0.15) is 0 Å². The molecule has 4 rings (SSSR count). The number of carbonyl (C=O) groups is 1. The molecule has 1 aliphatic carbocycles. The average Bonchev–Trinajstić information content (AvgIpc) is 3.31. The number of rotatable bonds is 5. The van der Waals surface area contributed by atoms with Gasteiger partial charge in [0, 0.05) is 23.9 Å². The number of H-pyrrole nitrogens is 1. The van der Waals surface area contributed by atoms with Gasteiger partial charge in [-0.25, -0.2) is 4.98 Å². The minimum Gasteiger partial charge on any atom is -0.339 e. The van der Waals surface area contributed by atoms with Gasteiger partial charge in [-0.15, -0.1) is 16.4 Å². The molecule has 3 heterocycles. The van der Waals surface area contributed by atoms with Crippen LogP contribution in [0.25, 0.3) is 0 Å². The minimum atomic E-state index is 0.256. The first-order chi connectivity index (χ1) is 12.3. The van der Waals surface area contributed by atoms with Crippen LogP contribution in [0.1, 0.15) is 49.2 Å². The zero-order valence-corrected chi connectivity index (χ0v) is 16.0. The molecule has 1 saturated carbocycles. The van der Waals surface area contributed by atoms with E-state index in [1.807, 2.05) is 6.07 Å². The maximum Gasteiger partial charge on any atom is 0.233 e. The number of thioether (sulfide) groups is 1. The third-order valence-electron chi connectivity index (χ3n) is 5.32. The van der Waals surface area contributed by atoms with Gasteiger partial charge in [0.25, 0.3) is 0 Å². The van der Waals surface area contributed by atoms with E-state index in [4.69, 9.17) is 0 Å². The fraction of sp³-hybridized carbons (Fsp3) is 0.611. The highest BCUT2D eigenvalue weighted by atomic mass is 32.2. The van der Waals surface area contributed by atoms with Crippen molar-refractivity contribution in [2.24, 2.45) is 5.92 Å². The van der Waals surface area contributed by atoms with Crippen LogP contribution in [0.4, 0.5) is 0 Å². The number of aromatic nitrogens is 3. The summed E-state index contributed by atoms with van der Waals surface area (Å²) in [5.74, 6) is 2.30. The maximum atomic E-state index is 12.7. The van der Waals surface area contributed by atoms with Gasteiger partial charge >= 0.3 is 0 Å². The highest BCUT2D eigenvalue weighted by Gasteiger charge is 2.35. The summed E-state index contributed by atoms with van der Waals surface area (Å²) in [5.41, 5.74) is 0. The Morgan fingerprint density at radius 3 is 3.08 bits per heavy atom. The fourth-order valence-corrected chi connectivity index (χ4v) is 5.56. The van der Waals surface area contributed by atoms with Crippen LogP contribution in [-0.2, 0) is 11.2 Å². The van der Waals surface area contributed by atoms with E-state index in [1.54, 1.807) is 11.3 Å². The normalized spacial score (nSPS) is 23.4. The summed E-state index contributed by atoms with van der Waals surface area (Å²) < 4.78 is 0. The molecule has 5 nitrogen and oxygen atoms in total. The van der Waals surface area contributed by atoms with Gasteiger partial charge in [0.2, 0.25) is 11.1 Å². The Hall–Kier alpha value is -1.34. The van der Waals surface area contributed by atoms with Gasteiger partial charge in [0.15, 0.2) is 0 Å². The van der Waals surface area contributed by atoms with Gasteiger partial charge in [-0.3, -0.25) is 9.89 Å². The topological polar surface area (TPSA) is 61.9 Å². The van der Waals surface area contributed by atoms with E-state index in [0.717, 1.165) is 31.1 Å². The molecular formula is C18H24N4OS2. The molecule has 7 heteroatoms. The lowest BCUT2D eigenvalue weighted by atomic mass is 9.78. The number of carbonyl (C=O) groups excluding carboxylic acids is 1. The number of aromatic amines is 1. The van der Waals surface area contributed by atoms with E-state index in [0.29, 0.717) is 17.0 Å². The van der Waals surface area contributed by atoms with Crippen molar-refractivity contribution in [1.29, 1.82) is 0 Å². The van der Waals surface area contributed by atoms with Gasteiger partial charge in [-0.1, -0.05) is 30.7 Å². The summed E-state index contributed by atoms with van der Waals surface area (Å²) in [7, 11) is 0. The van der Waals surface area contributed by atoms with Gasteiger partial charge < -0.3 is 4.90 Å². The smallest absolute Gasteiger partial charge is 0.233 e. The second kappa shape index (κ2) is 7.91. The van der Waals surface area contributed by atoms with Crippen molar-refractivity contribution in [3.63, 3.8) is 0 Å². The Labute approximate surface area is 156 Å². The fourth-order valence-electron chi connectivity index (χ4n) is 4.14. The summed E-state index contributed by atoms with van der Waals surface area (Å²) in [6, 6.07) is 4.62. The Bertz CT molecular complexity index is 698. The molecule has 2 aromatic rings. The molecule has 0 radical (unpaired) electrons. The summed E-state index contributed by atoms with van der Waals surface area (Å²) in [4.78, 5) is 20.7. The van der Waals surface area contributed by atoms with Crippen LogP contribution in [0.3, 0.4) is 0 Å². The Morgan fingerprint density at radius 1 is 1.32 bits per heavy atom. The number of likely N-dealkylation sites (tertiary alicyclic amines) is 1. The van der Waals surface area contributed by atoms with Crippen molar-refractivity contribution in [1.82, 2.24) is 20.1 Å². The monoisotopic (exact) mass is 376 g/mol. The van der Waals surface area contributed by atoms with Crippen molar-refractivity contribution < 1.29 is 4.79 Å². The van der Waals surface area contributed by atoms with Crippen molar-refractivity contribution >= 4 is 29.0 Å². The second-order valence-electron chi connectivity index (χ2n) is 6.95. The molecule has 0 spiro atoms. The summed E-state index contributed by atoms with van der Waals surface area (Å²) in [6.45, 7) is 0.929. The molecule has 1 aliphatic heterocycles. The molecule has 2 aromatic heterocycles. The van der Waals surface area contributed by atoms with E-state index in [2.05, 4.69) is 31.5 Å². The van der Waals surface area contributed by atoms with Crippen LogP contribution in [0, 0.1) is 5.92 Å². The van der Waals surface area contributed by atoms with Crippen LogP contribution in [0.2, 0.25) is 0 Å². The van der Waals surface area contributed by atoms with Crippen LogP contribution in [0.5, 0.6) is 0 Å². The largest absolute Gasteiger partial charge is 0.339 e. The van der Waals surface area contributed by atoms with Crippen LogP contribution in [0.15, 0.2) is 22.7 Å². The first-order valence-corrected chi connectivity index (χ1v) is 11.0. The van der Waals surface area contributed by atoms with Crippen molar-refractivity contribution in [2.75, 3.05) is 12.3 Å². The van der Waals surface area contributed by atoms with Crippen molar-refractivity contribution in [2.45, 2.75) is 56.1 Å². The third-order valence-corrected chi connectivity index (χ3v) is 7.03. The lowest BCUT2D eigenvalue weighted by Gasteiger charge is -2.44. The number of nitrogens with zero attached hydrogens (tertiary/aromatic N) is 3. The Morgan fingerprint density at radius 2 is 2.20 bits per heavy atom. The molecule has 2 unspecified atom stereocenters. The molecule has 0 bridgehead atoms. The summed E-state index contributed by atoms with van der Waals surface area (Å²) in [6.07, 6.45) is 8.32. The zero-order chi connectivity index (χ0) is 17.1. The number of thiophene rings is 1. The van der Waals surface area contributed by atoms with Crippen LogP contribution in [-0.4, -0.2) is 44.3 Å². The first kappa shape index (κ1) is 17.1. The van der Waals surface area contributed by atoms with Crippen molar-refractivity contribution in [3.05, 3.63) is 28.2 Å². The van der Waals surface area contributed by atoms with Gasteiger partial charge in [-0.05, 0) is 43.0 Å². The van der Waals surface area contributed by atoms with E-state index in [9.17, 15) is 4.79 Å². The number of hydrogen-bond donors (Lipinski definition) is 1. The summed E-state index contributed by atoms with van der Waals surface area (Å²) in [5, 5.41) is 9.99. The number of piperidine rings is 1. The SMILES string of the molecule is O=C(CSc1n[nH]c(Cc2cccs2)n1)N1CCCC2CCCCC21. The second-order valence-corrected chi connectivity index (χ2v) is 8.93. The van der Waals surface area contributed by atoms with E-state index in [-0.39, 0.29) is 5.91 Å². The molecule has 2 atom stereocenters. The van der Waals surface area contributed by atoms with Crippen LogP contribution >= 0.6 is 23.1 Å². The predicted molar refractivity (Wildman–Crippen MR) is 101 cm³/mol. The van der Waals surface area contributed by atoms with E-state index < -0.39 is 0 Å². The van der Waals surface area contributed by atoms with Gasteiger partial charge in [0.1, 0.15) is 5.82 Å². The molecule has 134 valence electrons. The highest BCUT2D eigenvalue weighted by molar-refractivity contribution is 7.99. The van der Waals surface area contributed by atoms with Crippen molar-refractivity contribution in [3.8, 4) is 0 Å². The van der Waals surface area contributed by atoms with Crippen LogP contribution < -0.4 is 0 Å². The Kier molecular flexibility index (Phi) is 5.41. The molecule has 2 aliphatic rings.